The molecule has 1 aliphatic rings. The molecule has 1 saturated heterocycles. The number of pyridine rings is 1. The monoisotopic (exact) mass is 277 g/mol. The Morgan fingerprint density at radius 1 is 1.25 bits per heavy atom. The third-order valence-electron chi connectivity index (χ3n) is 3.94. The third-order valence-corrected chi connectivity index (χ3v) is 3.94. The zero-order valence-corrected chi connectivity index (χ0v) is 12.8. The smallest absolute Gasteiger partial charge is 0.465 e. The molecule has 1 aromatic rings. The number of carbonyl (C=O) groups excluding carboxylic acids is 1. The van der Waals surface area contributed by atoms with Gasteiger partial charge < -0.3 is 14.0 Å². The lowest BCUT2D eigenvalue weighted by molar-refractivity contribution is 0.00578. The van der Waals surface area contributed by atoms with Gasteiger partial charge in [-0.1, -0.05) is 0 Å². The summed E-state index contributed by atoms with van der Waals surface area (Å²) >= 11 is 0. The first kappa shape index (κ1) is 15.0. The summed E-state index contributed by atoms with van der Waals surface area (Å²) in [6.45, 7) is 9.70. The molecule has 0 atom stereocenters. The first-order valence-electron chi connectivity index (χ1n) is 6.58. The van der Waals surface area contributed by atoms with Crippen molar-refractivity contribution in [2.45, 2.75) is 45.8 Å². The predicted octanol–water partition coefficient (Wildman–Crippen LogP) is 1.48. The molecular weight excluding hydrogens is 257 g/mol. The minimum Gasteiger partial charge on any atom is -0.465 e. The van der Waals surface area contributed by atoms with Crippen LogP contribution in [0.5, 0.6) is 0 Å². The summed E-state index contributed by atoms with van der Waals surface area (Å²) in [5.41, 5.74) is 0.771. The molecule has 0 aromatic carbocycles. The lowest BCUT2D eigenvalue weighted by atomic mass is 9.80. The van der Waals surface area contributed by atoms with E-state index in [1.165, 1.54) is 7.11 Å². The van der Waals surface area contributed by atoms with Gasteiger partial charge in [-0.3, -0.25) is 4.98 Å². The molecule has 0 unspecified atom stereocenters. The first-order chi connectivity index (χ1) is 9.18. The molecule has 2 rings (SSSR count). The van der Waals surface area contributed by atoms with Gasteiger partial charge in [0.2, 0.25) is 0 Å². The van der Waals surface area contributed by atoms with E-state index >= 15 is 0 Å². The highest BCUT2D eigenvalue weighted by Gasteiger charge is 2.53. The van der Waals surface area contributed by atoms with Crippen molar-refractivity contribution < 1.29 is 18.8 Å². The largest absolute Gasteiger partial charge is 0.515 e. The lowest BCUT2D eigenvalue weighted by Gasteiger charge is -2.32. The summed E-state index contributed by atoms with van der Waals surface area (Å²) in [6.07, 6.45) is 1.69. The lowest BCUT2D eigenvalue weighted by Crippen LogP contribution is -2.41. The Morgan fingerprint density at radius 2 is 1.80 bits per heavy atom. The second-order valence-electron chi connectivity index (χ2n) is 6.03. The van der Waals surface area contributed by atoms with Crippen LogP contribution in [-0.4, -0.2) is 36.4 Å². The van der Waals surface area contributed by atoms with Crippen LogP contribution < -0.4 is 5.59 Å². The molecule has 0 spiro atoms. The molecule has 108 valence electrons. The first-order valence-corrected chi connectivity index (χ1v) is 6.58. The van der Waals surface area contributed by atoms with E-state index in [1.54, 1.807) is 12.3 Å². The Kier molecular flexibility index (Phi) is 3.65. The van der Waals surface area contributed by atoms with Crippen LogP contribution in [0.1, 0.15) is 43.6 Å². The molecule has 2 heterocycles. The van der Waals surface area contributed by atoms with Gasteiger partial charge in [-0.15, -0.1) is 0 Å². The Balaban J connectivity index is 2.42. The number of aryl methyl sites for hydroxylation is 1. The molecule has 5 nitrogen and oxygen atoms in total. The normalized spacial score (nSPS) is 20.0. The zero-order chi connectivity index (χ0) is 15.1. The summed E-state index contributed by atoms with van der Waals surface area (Å²) in [7, 11) is 0.674. The summed E-state index contributed by atoms with van der Waals surface area (Å²) in [5.74, 6) is -0.439. The molecule has 1 aliphatic heterocycles. The maximum Gasteiger partial charge on any atom is 0.515 e. The molecule has 20 heavy (non-hydrogen) atoms. The van der Waals surface area contributed by atoms with E-state index < -0.39 is 24.3 Å². The van der Waals surface area contributed by atoms with Crippen LogP contribution in [0.15, 0.2) is 12.3 Å². The number of rotatable bonds is 2. The molecule has 6 heteroatoms. The van der Waals surface area contributed by atoms with Crippen LogP contribution in [0.4, 0.5) is 0 Å². The number of esters is 1. The van der Waals surface area contributed by atoms with Crippen LogP contribution in [0, 0.1) is 6.92 Å². The molecule has 0 N–H and O–H groups in total. The van der Waals surface area contributed by atoms with Crippen LogP contribution >= 0.6 is 0 Å². The van der Waals surface area contributed by atoms with Crippen molar-refractivity contribution in [1.29, 1.82) is 0 Å². The van der Waals surface area contributed by atoms with Gasteiger partial charge in [-0.25, -0.2) is 4.79 Å². The topological polar surface area (TPSA) is 57.7 Å². The van der Waals surface area contributed by atoms with E-state index in [4.69, 9.17) is 14.0 Å². The average molecular weight is 277 g/mol. The maximum atomic E-state index is 11.9. The van der Waals surface area contributed by atoms with Gasteiger partial charge >= 0.3 is 13.1 Å². The van der Waals surface area contributed by atoms with Crippen molar-refractivity contribution in [3.63, 3.8) is 0 Å². The van der Waals surface area contributed by atoms with E-state index in [0.717, 1.165) is 5.56 Å². The summed E-state index contributed by atoms with van der Waals surface area (Å²) in [6, 6.07) is 1.74. The van der Waals surface area contributed by atoms with E-state index in [0.29, 0.717) is 11.2 Å². The second-order valence-corrected chi connectivity index (χ2v) is 6.03. The van der Waals surface area contributed by atoms with Gasteiger partial charge in [0, 0.05) is 6.20 Å². The van der Waals surface area contributed by atoms with Gasteiger partial charge in [0.15, 0.2) is 0 Å². The van der Waals surface area contributed by atoms with E-state index in [-0.39, 0.29) is 0 Å². The van der Waals surface area contributed by atoms with Crippen molar-refractivity contribution in [2.24, 2.45) is 0 Å². The molecular formula is C14H20BNO4. The molecule has 0 aliphatic carbocycles. The number of methoxy groups -OCH3 is 1. The fourth-order valence-corrected chi connectivity index (χ4v) is 2.00. The highest BCUT2D eigenvalue weighted by atomic mass is 16.7. The molecule has 0 amide bonds. The van der Waals surface area contributed by atoms with Gasteiger partial charge in [0.1, 0.15) is 0 Å². The SMILES string of the molecule is COC(=O)c1cc(C)cnc1B1OC(C)(C)C(C)(C)O1. The second kappa shape index (κ2) is 4.86. The van der Waals surface area contributed by atoms with Crippen molar-refractivity contribution in [3.8, 4) is 0 Å². The quantitative estimate of drug-likeness (QED) is 0.605. The minimum atomic E-state index is -0.672. The van der Waals surface area contributed by atoms with Crippen LogP contribution in [-0.2, 0) is 14.0 Å². The van der Waals surface area contributed by atoms with Gasteiger partial charge in [0.25, 0.3) is 0 Å². The van der Waals surface area contributed by atoms with Crippen LogP contribution in [0.25, 0.3) is 0 Å². The Bertz CT molecular complexity index is 526. The third kappa shape index (κ3) is 2.45. The fourth-order valence-electron chi connectivity index (χ4n) is 2.00. The van der Waals surface area contributed by atoms with Gasteiger partial charge in [-0.05, 0) is 46.2 Å². The summed E-state index contributed by atoms with van der Waals surface area (Å²) in [4.78, 5) is 16.2. The number of nitrogens with zero attached hydrogens (tertiary/aromatic N) is 1. The van der Waals surface area contributed by atoms with E-state index in [9.17, 15) is 4.79 Å². The van der Waals surface area contributed by atoms with Crippen LogP contribution in [0.3, 0.4) is 0 Å². The van der Waals surface area contributed by atoms with Gasteiger partial charge in [-0.2, -0.15) is 0 Å². The highest BCUT2D eigenvalue weighted by molar-refractivity contribution is 6.62. The van der Waals surface area contributed by atoms with Crippen molar-refractivity contribution in [1.82, 2.24) is 4.98 Å². The van der Waals surface area contributed by atoms with Crippen molar-refractivity contribution >= 4 is 18.7 Å². The van der Waals surface area contributed by atoms with Crippen LogP contribution in [0.2, 0.25) is 0 Å². The van der Waals surface area contributed by atoms with E-state index in [1.807, 2.05) is 34.6 Å². The molecule has 0 radical (unpaired) electrons. The summed E-state index contributed by atoms with van der Waals surface area (Å²) in [5, 5.41) is 0. The Labute approximate surface area is 119 Å². The van der Waals surface area contributed by atoms with E-state index in [2.05, 4.69) is 4.98 Å². The Hall–Kier alpha value is -1.40. The number of ether oxygens (including phenoxy) is 1. The Morgan fingerprint density at radius 3 is 2.30 bits per heavy atom. The predicted molar refractivity (Wildman–Crippen MR) is 76.0 cm³/mol. The molecule has 0 bridgehead atoms. The number of hydrogen-bond donors (Lipinski definition) is 0. The maximum absolute atomic E-state index is 11.9. The number of aromatic nitrogens is 1. The number of carbonyl (C=O) groups is 1. The minimum absolute atomic E-state index is 0.381. The molecule has 1 aromatic heterocycles. The van der Waals surface area contributed by atoms with Crippen molar-refractivity contribution in [3.05, 3.63) is 23.4 Å². The molecule has 1 fully saturated rings. The highest BCUT2D eigenvalue weighted by Crippen LogP contribution is 2.36. The standard InChI is InChI=1S/C14H20BNO4/c1-9-7-10(12(17)18-6)11(16-8-9)15-19-13(2,3)14(4,5)20-15/h7-8H,1-6H3. The average Bonchev–Trinajstić information content (AvgIpc) is 2.57. The van der Waals surface area contributed by atoms with Crippen molar-refractivity contribution in [2.75, 3.05) is 7.11 Å². The molecule has 0 saturated carbocycles. The number of hydrogen-bond acceptors (Lipinski definition) is 5. The fraction of sp³-hybridized carbons (Fsp3) is 0.571. The van der Waals surface area contributed by atoms with Gasteiger partial charge in [0.05, 0.1) is 29.5 Å². The zero-order valence-electron chi connectivity index (χ0n) is 12.8. The summed E-state index contributed by atoms with van der Waals surface area (Å²) < 4.78 is 16.7.